The number of benzene rings is 1. The second-order valence-corrected chi connectivity index (χ2v) is 11.6. The highest BCUT2D eigenvalue weighted by Gasteiger charge is 2.47. The molecule has 6 aromatic rings. The summed E-state index contributed by atoms with van der Waals surface area (Å²) in [5.74, 6) is -8.00. The summed E-state index contributed by atoms with van der Waals surface area (Å²) in [5, 5.41) is 17.5. The molecule has 0 aliphatic heterocycles. The van der Waals surface area contributed by atoms with Gasteiger partial charge >= 0.3 is 18.5 Å². The molecule has 0 bridgehead atoms. The number of aromatic nitrogens is 9. The Kier molecular flexibility index (Phi) is 11.5. The van der Waals surface area contributed by atoms with Crippen molar-refractivity contribution in [2.24, 2.45) is 0 Å². The summed E-state index contributed by atoms with van der Waals surface area (Å²) in [6.45, 7) is 4.65. The molecule has 1 aliphatic carbocycles. The highest BCUT2D eigenvalue weighted by Crippen LogP contribution is 2.39. The van der Waals surface area contributed by atoms with E-state index in [1.165, 1.54) is 56.0 Å². The van der Waals surface area contributed by atoms with Gasteiger partial charge in [0.25, 0.3) is 11.7 Å². The Labute approximate surface area is 304 Å². The zero-order valence-corrected chi connectivity index (χ0v) is 29.0. The van der Waals surface area contributed by atoms with Crippen molar-refractivity contribution in [2.45, 2.75) is 70.7 Å². The van der Waals surface area contributed by atoms with Crippen LogP contribution in [0.15, 0.2) is 61.1 Å². The monoisotopic (exact) mass is 789 g/mol. The molecule has 1 aliphatic rings. The predicted octanol–water partition coefficient (Wildman–Crippen LogP) is 8.36. The van der Waals surface area contributed by atoms with E-state index in [0.29, 0.717) is 28.1 Å². The van der Waals surface area contributed by atoms with Gasteiger partial charge in [0.05, 0.1) is 24.2 Å². The number of halogens is 10. The van der Waals surface area contributed by atoms with Crippen LogP contribution in [0, 0.1) is 0 Å². The van der Waals surface area contributed by atoms with Crippen molar-refractivity contribution in [3.8, 4) is 34.1 Å². The van der Waals surface area contributed by atoms with Crippen LogP contribution in [0.25, 0.3) is 33.8 Å². The van der Waals surface area contributed by atoms with E-state index in [4.69, 9.17) is 9.47 Å². The number of hydrogen-bond donors (Lipinski definition) is 0. The molecule has 294 valence electrons. The van der Waals surface area contributed by atoms with Gasteiger partial charge in [-0.15, -0.1) is 33.6 Å². The van der Waals surface area contributed by atoms with E-state index in [1.54, 1.807) is 0 Å². The zero-order chi connectivity index (χ0) is 40.3. The molecule has 0 amide bonds. The zero-order valence-electron chi connectivity index (χ0n) is 29.0. The molecule has 5 aromatic heterocycles. The fraction of sp³-hybridized carbons (Fsp3) is 0.364. The molecular formula is C33H29F10N9O3. The molecule has 0 N–H and O–H groups in total. The largest absolute Gasteiger partial charge is 0.573 e. The SMILES string of the molecule is CC.COCc1cc(OC(F)(F)F)ccc1-c1cn2c(C(C)(F)F)nnc2cn1.FC1(F)CC(Oc2ccc(-c3ccc4nnc(C(F)(F)F)n4n3)cn2)C1. The van der Waals surface area contributed by atoms with E-state index < -0.39 is 47.9 Å². The standard InChI is InChI=1S/C16H13F5N4O2.C15H10F5N5O.C2H6/c1-15(17,18)14-24-23-13-6-22-12(7-25(13)14)11-4-3-10(27-16(19,20)21)5-9(11)8-26-2;16-14(17)5-9(6-14)26-12-4-1-8(7-21-12)10-2-3-11-22-23-13(15(18,19)20)25(11)24-10;1-2/h3-7H,8H2,1-2H3;1-4,7,9H,5-6H2;1-2H3. The Morgan fingerprint density at radius 1 is 0.800 bits per heavy atom. The van der Waals surface area contributed by atoms with Gasteiger partial charge in [0, 0.05) is 56.5 Å². The second-order valence-electron chi connectivity index (χ2n) is 11.6. The number of rotatable bonds is 8. The molecule has 12 nitrogen and oxygen atoms in total. The molecule has 0 atom stereocenters. The number of nitrogens with zero attached hydrogens (tertiary/aromatic N) is 9. The van der Waals surface area contributed by atoms with Crippen LogP contribution in [0.5, 0.6) is 11.6 Å². The third-order valence-corrected chi connectivity index (χ3v) is 7.46. The molecule has 7 rings (SSSR count). The first-order valence-corrected chi connectivity index (χ1v) is 16.1. The highest BCUT2D eigenvalue weighted by atomic mass is 19.4. The normalized spacial score (nSPS) is 14.4. The van der Waals surface area contributed by atoms with Gasteiger partial charge < -0.3 is 14.2 Å². The number of fused-ring (bicyclic) bond motifs is 2. The number of pyridine rings is 1. The lowest BCUT2D eigenvalue weighted by atomic mass is 9.91. The van der Waals surface area contributed by atoms with E-state index >= 15 is 0 Å². The van der Waals surface area contributed by atoms with Crippen LogP contribution in [0.4, 0.5) is 43.9 Å². The summed E-state index contributed by atoms with van der Waals surface area (Å²) in [5.41, 5.74) is 1.69. The molecule has 5 heterocycles. The summed E-state index contributed by atoms with van der Waals surface area (Å²) >= 11 is 0. The summed E-state index contributed by atoms with van der Waals surface area (Å²) in [6, 6.07) is 9.42. The van der Waals surface area contributed by atoms with E-state index in [-0.39, 0.29) is 48.0 Å². The number of alkyl halides is 10. The van der Waals surface area contributed by atoms with Gasteiger partial charge in [0.2, 0.25) is 11.7 Å². The molecule has 1 aromatic carbocycles. The van der Waals surface area contributed by atoms with Crippen molar-refractivity contribution in [2.75, 3.05) is 7.11 Å². The fourth-order valence-corrected chi connectivity index (χ4v) is 5.11. The van der Waals surface area contributed by atoms with Gasteiger partial charge in [-0.1, -0.05) is 13.8 Å². The summed E-state index contributed by atoms with van der Waals surface area (Å²) in [7, 11) is 1.37. The van der Waals surface area contributed by atoms with Gasteiger partial charge in [-0.05, 0) is 42.0 Å². The van der Waals surface area contributed by atoms with Crippen LogP contribution in [0.2, 0.25) is 0 Å². The molecular weight excluding hydrogens is 760 g/mol. The van der Waals surface area contributed by atoms with E-state index in [2.05, 4.69) is 40.2 Å². The minimum Gasteiger partial charge on any atom is -0.474 e. The molecule has 0 saturated heterocycles. The van der Waals surface area contributed by atoms with Gasteiger partial charge in [0.15, 0.2) is 11.3 Å². The van der Waals surface area contributed by atoms with Crippen LogP contribution in [-0.4, -0.2) is 69.9 Å². The Hall–Kier alpha value is -5.67. The first-order chi connectivity index (χ1) is 25.8. The third-order valence-electron chi connectivity index (χ3n) is 7.46. The molecule has 1 saturated carbocycles. The molecule has 0 unspecified atom stereocenters. The Morgan fingerprint density at radius 3 is 2.09 bits per heavy atom. The van der Waals surface area contributed by atoms with Crippen LogP contribution in [-0.2, 0) is 23.4 Å². The lowest BCUT2D eigenvalue weighted by Gasteiger charge is -2.34. The van der Waals surface area contributed by atoms with Crippen molar-refractivity contribution in [1.82, 2.24) is 44.4 Å². The average molecular weight is 790 g/mol. The van der Waals surface area contributed by atoms with Crippen molar-refractivity contribution >= 4 is 11.3 Å². The van der Waals surface area contributed by atoms with E-state index in [9.17, 15) is 43.9 Å². The van der Waals surface area contributed by atoms with Gasteiger partial charge in [0.1, 0.15) is 11.9 Å². The van der Waals surface area contributed by atoms with Crippen molar-refractivity contribution in [3.63, 3.8) is 0 Å². The van der Waals surface area contributed by atoms with Crippen LogP contribution >= 0.6 is 0 Å². The number of methoxy groups -OCH3 is 1. The molecule has 55 heavy (non-hydrogen) atoms. The van der Waals surface area contributed by atoms with Crippen LogP contribution < -0.4 is 9.47 Å². The summed E-state index contributed by atoms with van der Waals surface area (Å²) in [6.07, 6.45) is -6.96. The lowest BCUT2D eigenvalue weighted by molar-refractivity contribution is -0.274. The van der Waals surface area contributed by atoms with Crippen molar-refractivity contribution in [1.29, 1.82) is 0 Å². The maximum Gasteiger partial charge on any atom is 0.573 e. The average Bonchev–Trinajstić information content (AvgIpc) is 3.73. The Morgan fingerprint density at radius 2 is 1.49 bits per heavy atom. The third kappa shape index (κ3) is 9.72. The van der Waals surface area contributed by atoms with Crippen molar-refractivity contribution in [3.05, 3.63) is 78.3 Å². The Bertz CT molecular complexity index is 2230. The quantitative estimate of drug-likeness (QED) is 0.139. The Balaban J connectivity index is 0.000000202. The topological polar surface area (TPSA) is 127 Å². The van der Waals surface area contributed by atoms with Crippen LogP contribution in [0.3, 0.4) is 0 Å². The maximum absolute atomic E-state index is 13.7. The molecule has 0 radical (unpaired) electrons. The highest BCUT2D eigenvalue weighted by molar-refractivity contribution is 5.65. The van der Waals surface area contributed by atoms with Gasteiger partial charge in [-0.3, -0.25) is 9.38 Å². The van der Waals surface area contributed by atoms with Gasteiger partial charge in [-0.25, -0.2) is 13.8 Å². The molecule has 22 heteroatoms. The molecule has 1 fully saturated rings. The minimum absolute atomic E-state index is 0.0386. The predicted molar refractivity (Wildman–Crippen MR) is 172 cm³/mol. The van der Waals surface area contributed by atoms with Crippen LogP contribution in [0.1, 0.15) is 50.8 Å². The van der Waals surface area contributed by atoms with E-state index in [1.807, 2.05) is 13.8 Å². The summed E-state index contributed by atoms with van der Waals surface area (Å²) in [4.78, 5) is 8.13. The molecule has 0 spiro atoms. The summed E-state index contributed by atoms with van der Waals surface area (Å²) < 4.78 is 145. The minimum atomic E-state index is -4.84. The number of ether oxygens (including phenoxy) is 3. The van der Waals surface area contributed by atoms with E-state index in [0.717, 1.165) is 16.5 Å². The first-order valence-electron chi connectivity index (χ1n) is 16.1. The fourth-order valence-electron chi connectivity index (χ4n) is 5.11. The smallest absolute Gasteiger partial charge is 0.474 e. The number of hydrogen-bond acceptors (Lipinski definition) is 10. The second kappa shape index (κ2) is 15.6. The van der Waals surface area contributed by atoms with Gasteiger partial charge in [-0.2, -0.15) is 31.6 Å². The van der Waals surface area contributed by atoms with Crippen molar-refractivity contribution < 1.29 is 58.1 Å². The maximum atomic E-state index is 13.7. The first kappa shape index (κ1) is 40.5. The lowest BCUT2D eigenvalue weighted by Crippen LogP contribution is -2.43.